The molecule has 22 heavy (non-hydrogen) atoms. The third kappa shape index (κ3) is 4.93. The van der Waals surface area contributed by atoms with Crippen LogP contribution in [0.1, 0.15) is 47.2 Å². The Kier molecular flexibility index (Phi) is 6.55. The first kappa shape index (κ1) is 16.6. The van der Waals surface area contributed by atoms with Gasteiger partial charge in [0.25, 0.3) is 5.91 Å². The second kappa shape index (κ2) is 8.66. The molecule has 1 heterocycles. The molecular weight excluding hydrogens is 294 g/mol. The van der Waals surface area contributed by atoms with Crippen LogP contribution in [0.15, 0.2) is 35.7 Å². The van der Waals surface area contributed by atoms with Crippen LogP contribution >= 0.6 is 11.3 Å². The zero-order chi connectivity index (χ0) is 15.8. The van der Waals surface area contributed by atoms with Gasteiger partial charge in [0.05, 0.1) is 0 Å². The van der Waals surface area contributed by atoms with E-state index >= 15 is 0 Å². The van der Waals surface area contributed by atoms with Crippen molar-refractivity contribution in [2.24, 2.45) is 5.73 Å². The predicted octanol–water partition coefficient (Wildman–Crippen LogP) is 3.13. The number of thiazole rings is 1. The van der Waals surface area contributed by atoms with Crippen molar-refractivity contribution in [2.75, 3.05) is 0 Å². The highest BCUT2D eigenvalue weighted by Crippen LogP contribution is 2.12. The van der Waals surface area contributed by atoms with E-state index < -0.39 is 0 Å². The summed E-state index contributed by atoms with van der Waals surface area (Å²) in [6.45, 7) is 2.52. The lowest BCUT2D eigenvalue weighted by Gasteiger charge is -2.17. The molecule has 3 N–H and O–H groups in total. The third-order valence-corrected chi connectivity index (χ3v) is 4.43. The van der Waals surface area contributed by atoms with Gasteiger partial charge < -0.3 is 11.1 Å². The Hall–Kier alpha value is -1.72. The molecule has 0 spiro atoms. The van der Waals surface area contributed by atoms with Crippen LogP contribution in [0.25, 0.3) is 0 Å². The molecule has 1 atom stereocenters. The quantitative estimate of drug-likeness (QED) is 0.786. The van der Waals surface area contributed by atoms with Crippen LogP contribution in [0.3, 0.4) is 0 Å². The first-order valence-corrected chi connectivity index (χ1v) is 8.60. The van der Waals surface area contributed by atoms with Gasteiger partial charge >= 0.3 is 0 Å². The average Bonchev–Trinajstić information content (AvgIpc) is 3.03. The number of hydrogen-bond donors (Lipinski definition) is 2. The lowest BCUT2D eigenvalue weighted by atomic mass is 10.0. The molecule has 0 aliphatic heterocycles. The van der Waals surface area contributed by atoms with Crippen molar-refractivity contribution in [3.8, 4) is 0 Å². The van der Waals surface area contributed by atoms with E-state index in [9.17, 15) is 4.79 Å². The summed E-state index contributed by atoms with van der Waals surface area (Å²) in [4.78, 5) is 16.5. The van der Waals surface area contributed by atoms with E-state index in [0.29, 0.717) is 12.2 Å². The van der Waals surface area contributed by atoms with Gasteiger partial charge in [-0.2, -0.15) is 0 Å². The SMILES string of the molecule is CCCC(CCc1ccccc1)NC(=O)c1csc(CN)n1. The lowest BCUT2D eigenvalue weighted by molar-refractivity contribution is 0.0928. The molecule has 0 fully saturated rings. The predicted molar refractivity (Wildman–Crippen MR) is 90.9 cm³/mol. The van der Waals surface area contributed by atoms with Crippen LogP contribution in [-0.4, -0.2) is 16.9 Å². The summed E-state index contributed by atoms with van der Waals surface area (Å²) in [6, 6.07) is 10.5. The van der Waals surface area contributed by atoms with E-state index in [1.165, 1.54) is 16.9 Å². The van der Waals surface area contributed by atoms with Crippen molar-refractivity contribution in [1.29, 1.82) is 0 Å². The molecule has 1 aromatic heterocycles. The average molecular weight is 317 g/mol. The third-order valence-electron chi connectivity index (χ3n) is 3.56. The van der Waals surface area contributed by atoms with Crippen LogP contribution in [0, 0.1) is 0 Å². The van der Waals surface area contributed by atoms with Gasteiger partial charge in [-0.25, -0.2) is 4.98 Å². The van der Waals surface area contributed by atoms with Crippen LogP contribution < -0.4 is 11.1 Å². The summed E-state index contributed by atoms with van der Waals surface area (Å²) in [7, 11) is 0. The van der Waals surface area contributed by atoms with Crippen LogP contribution in [0.5, 0.6) is 0 Å². The summed E-state index contributed by atoms with van der Waals surface area (Å²) in [5.41, 5.74) is 7.32. The van der Waals surface area contributed by atoms with Crippen molar-refractivity contribution in [1.82, 2.24) is 10.3 Å². The van der Waals surface area contributed by atoms with E-state index in [2.05, 4.69) is 29.4 Å². The molecule has 0 bridgehead atoms. The van der Waals surface area contributed by atoms with Crippen molar-refractivity contribution in [2.45, 2.75) is 45.2 Å². The first-order valence-electron chi connectivity index (χ1n) is 7.72. The summed E-state index contributed by atoms with van der Waals surface area (Å²) < 4.78 is 0. The van der Waals surface area contributed by atoms with Crippen molar-refractivity contribution in [3.05, 3.63) is 52.0 Å². The number of carbonyl (C=O) groups excluding carboxylic acids is 1. The zero-order valence-corrected chi connectivity index (χ0v) is 13.7. The summed E-state index contributed by atoms with van der Waals surface area (Å²) in [6.07, 6.45) is 3.94. The number of carbonyl (C=O) groups is 1. The summed E-state index contributed by atoms with van der Waals surface area (Å²) in [5, 5.41) is 5.67. The van der Waals surface area contributed by atoms with Gasteiger partial charge in [0, 0.05) is 18.0 Å². The Balaban J connectivity index is 1.91. The zero-order valence-electron chi connectivity index (χ0n) is 12.9. The van der Waals surface area contributed by atoms with Gasteiger partial charge in [0.15, 0.2) is 0 Å². The van der Waals surface area contributed by atoms with E-state index in [1.807, 2.05) is 18.2 Å². The van der Waals surface area contributed by atoms with Gasteiger partial charge in [0.1, 0.15) is 10.7 Å². The molecule has 0 aliphatic rings. The van der Waals surface area contributed by atoms with Gasteiger partial charge in [-0.3, -0.25) is 4.79 Å². The topological polar surface area (TPSA) is 68.0 Å². The Morgan fingerprint density at radius 2 is 2.09 bits per heavy atom. The molecule has 1 amide bonds. The molecule has 5 heteroatoms. The largest absolute Gasteiger partial charge is 0.348 e. The minimum absolute atomic E-state index is 0.0949. The molecule has 118 valence electrons. The number of benzene rings is 1. The Morgan fingerprint density at radius 1 is 1.32 bits per heavy atom. The Labute approximate surface area is 135 Å². The van der Waals surface area contributed by atoms with Gasteiger partial charge in [0.2, 0.25) is 0 Å². The standard InChI is InChI=1S/C17H23N3OS/c1-2-6-14(10-9-13-7-4-3-5-8-13)19-17(21)15-12-22-16(11-18)20-15/h3-5,7-8,12,14H,2,6,9-11,18H2,1H3,(H,19,21). The molecule has 0 radical (unpaired) electrons. The van der Waals surface area contributed by atoms with E-state index in [-0.39, 0.29) is 11.9 Å². The number of aryl methyl sites for hydroxylation is 1. The minimum Gasteiger partial charge on any atom is -0.348 e. The van der Waals surface area contributed by atoms with E-state index in [0.717, 1.165) is 30.7 Å². The molecule has 2 aromatic rings. The smallest absolute Gasteiger partial charge is 0.270 e. The van der Waals surface area contributed by atoms with E-state index in [1.54, 1.807) is 5.38 Å². The van der Waals surface area contributed by atoms with Gasteiger partial charge in [-0.05, 0) is 24.8 Å². The fraction of sp³-hybridized carbons (Fsp3) is 0.412. The maximum atomic E-state index is 12.3. The Bertz CT molecular complexity index is 583. The highest BCUT2D eigenvalue weighted by atomic mass is 32.1. The number of aromatic nitrogens is 1. The second-order valence-corrected chi connectivity index (χ2v) is 6.26. The van der Waals surface area contributed by atoms with E-state index in [4.69, 9.17) is 5.73 Å². The van der Waals surface area contributed by atoms with Crippen molar-refractivity contribution < 1.29 is 4.79 Å². The van der Waals surface area contributed by atoms with Gasteiger partial charge in [-0.15, -0.1) is 11.3 Å². The number of nitrogens with two attached hydrogens (primary N) is 1. The lowest BCUT2D eigenvalue weighted by Crippen LogP contribution is -2.35. The number of nitrogens with zero attached hydrogens (tertiary/aromatic N) is 1. The molecule has 4 nitrogen and oxygen atoms in total. The van der Waals surface area contributed by atoms with Crippen LogP contribution in [0.2, 0.25) is 0 Å². The second-order valence-electron chi connectivity index (χ2n) is 5.31. The summed E-state index contributed by atoms with van der Waals surface area (Å²) in [5.74, 6) is -0.0949. The molecule has 0 saturated carbocycles. The highest BCUT2D eigenvalue weighted by Gasteiger charge is 2.15. The molecule has 1 unspecified atom stereocenters. The normalized spacial score (nSPS) is 12.1. The molecule has 1 aromatic carbocycles. The van der Waals surface area contributed by atoms with Crippen LogP contribution in [-0.2, 0) is 13.0 Å². The maximum absolute atomic E-state index is 12.3. The molecule has 2 rings (SSSR count). The number of amides is 1. The molecule has 0 aliphatic carbocycles. The highest BCUT2D eigenvalue weighted by molar-refractivity contribution is 7.09. The van der Waals surface area contributed by atoms with Crippen molar-refractivity contribution >= 4 is 17.2 Å². The minimum atomic E-state index is -0.0949. The fourth-order valence-corrected chi connectivity index (χ4v) is 3.05. The maximum Gasteiger partial charge on any atom is 0.270 e. The Morgan fingerprint density at radius 3 is 2.73 bits per heavy atom. The van der Waals surface area contributed by atoms with Crippen LogP contribution in [0.4, 0.5) is 0 Å². The molecular formula is C17H23N3OS. The molecule has 0 saturated heterocycles. The van der Waals surface area contributed by atoms with Crippen molar-refractivity contribution in [3.63, 3.8) is 0 Å². The number of rotatable bonds is 8. The summed E-state index contributed by atoms with van der Waals surface area (Å²) >= 11 is 1.43. The number of nitrogens with one attached hydrogen (secondary N) is 1. The fourth-order valence-electron chi connectivity index (χ4n) is 2.39. The number of hydrogen-bond acceptors (Lipinski definition) is 4. The van der Waals surface area contributed by atoms with Gasteiger partial charge in [-0.1, -0.05) is 43.7 Å². The first-order chi connectivity index (χ1) is 10.7. The monoisotopic (exact) mass is 317 g/mol.